The fourth-order valence-electron chi connectivity index (χ4n) is 6.50. The molecule has 1 aromatic carbocycles. The molecule has 0 N–H and O–H groups in total. The highest BCUT2D eigenvalue weighted by atomic mass is 35.5. The number of benzene rings is 1. The lowest BCUT2D eigenvalue weighted by molar-refractivity contribution is -0.146. The molecule has 3 aliphatic rings. The van der Waals surface area contributed by atoms with Gasteiger partial charge in [-0.25, -0.2) is 18.7 Å². The van der Waals surface area contributed by atoms with Gasteiger partial charge in [0.15, 0.2) is 11.8 Å². The molecule has 4 aromatic rings. The van der Waals surface area contributed by atoms with E-state index in [0.717, 1.165) is 37.2 Å². The number of aromatic nitrogens is 4. The second kappa shape index (κ2) is 10.4. The first-order valence-corrected chi connectivity index (χ1v) is 15.0. The second-order valence-electron chi connectivity index (χ2n) is 12.2. The molecule has 43 heavy (non-hydrogen) atoms. The highest BCUT2D eigenvalue weighted by molar-refractivity contribution is 6.33. The van der Waals surface area contributed by atoms with Gasteiger partial charge in [0, 0.05) is 43.4 Å². The van der Waals surface area contributed by atoms with Crippen LogP contribution in [0.1, 0.15) is 43.9 Å². The standard InChI is InChI=1S/C32H32ClFN6O3/c1-18(2)25-27(19(3)8-11-35-25)40-29-21(14-22(33)26(36-29)20-6-4-5-7-23(20)34)28(37-31(40)42)38-12-9-32(10-13-38)16-39(17-32)30(41)24-15-43-24/h4-8,11,14,18,24H,9-10,12-13,15-17H2,1-3H3/t24-/m1/s1. The van der Waals surface area contributed by atoms with Gasteiger partial charge < -0.3 is 14.5 Å². The maximum atomic E-state index is 15.0. The van der Waals surface area contributed by atoms with Crippen LogP contribution < -0.4 is 10.6 Å². The number of carbonyl (C=O) groups is 1. The van der Waals surface area contributed by atoms with Crippen molar-refractivity contribution in [1.29, 1.82) is 0 Å². The van der Waals surface area contributed by atoms with Gasteiger partial charge in [-0.05, 0) is 55.5 Å². The number of piperidine rings is 1. The van der Waals surface area contributed by atoms with E-state index in [1.807, 2.05) is 31.7 Å². The van der Waals surface area contributed by atoms with Crippen LogP contribution in [0.2, 0.25) is 5.02 Å². The summed E-state index contributed by atoms with van der Waals surface area (Å²) in [6.45, 7) is 9.28. The highest BCUT2D eigenvalue weighted by Gasteiger charge is 2.50. The second-order valence-corrected chi connectivity index (χ2v) is 12.7. The topological polar surface area (TPSA) is 96.8 Å². The lowest BCUT2D eigenvalue weighted by Gasteiger charge is -2.54. The zero-order valence-electron chi connectivity index (χ0n) is 24.3. The van der Waals surface area contributed by atoms with E-state index >= 15 is 0 Å². The summed E-state index contributed by atoms with van der Waals surface area (Å²) < 4.78 is 21.6. The van der Waals surface area contributed by atoms with E-state index in [1.165, 1.54) is 10.6 Å². The van der Waals surface area contributed by atoms with Crippen LogP contribution in [0, 0.1) is 18.2 Å². The zero-order chi connectivity index (χ0) is 30.0. The molecular weight excluding hydrogens is 571 g/mol. The van der Waals surface area contributed by atoms with E-state index in [9.17, 15) is 14.0 Å². The summed E-state index contributed by atoms with van der Waals surface area (Å²) >= 11 is 6.80. The Kier molecular flexibility index (Phi) is 6.74. The maximum absolute atomic E-state index is 15.0. The Balaban J connectivity index is 1.34. The van der Waals surface area contributed by atoms with Gasteiger partial charge in [-0.3, -0.25) is 9.78 Å². The largest absolute Gasteiger partial charge is 0.363 e. The molecule has 7 rings (SSSR count). The van der Waals surface area contributed by atoms with Crippen LogP contribution in [0.15, 0.2) is 47.4 Å². The first-order chi connectivity index (χ1) is 20.7. The van der Waals surface area contributed by atoms with Crippen LogP contribution in [-0.4, -0.2) is 69.2 Å². The Bertz CT molecular complexity index is 1820. The third-order valence-corrected chi connectivity index (χ3v) is 9.24. The van der Waals surface area contributed by atoms with Gasteiger partial charge in [-0.2, -0.15) is 4.98 Å². The molecule has 6 heterocycles. The van der Waals surface area contributed by atoms with Gasteiger partial charge in [0.05, 0.1) is 34.1 Å². The first-order valence-electron chi connectivity index (χ1n) is 14.7. The van der Waals surface area contributed by atoms with E-state index in [0.29, 0.717) is 42.2 Å². The lowest BCUT2D eigenvalue weighted by atomic mass is 9.72. The van der Waals surface area contributed by atoms with Gasteiger partial charge in [0.2, 0.25) is 0 Å². The van der Waals surface area contributed by atoms with Crippen LogP contribution in [0.5, 0.6) is 0 Å². The number of fused-ring (bicyclic) bond motifs is 1. The number of halogens is 2. The molecule has 3 saturated heterocycles. The molecule has 0 aliphatic carbocycles. The van der Waals surface area contributed by atoms with Crippen LogP contribution in [0.3, 0.4) is 0 Å². The highest BCUT2D eigenvalue weighted by Crippen LogP contribution is 2.43. The minimum Gasteiger partial charge on any atom is -0.363 e. The van der Waals surface area contributed by atoms with Crippen LogP contribution >= 0.6 is 11.6 Å². The Morgan fingerprint density at radius 1 is 1.14 bits per heavy atom. The van der Waals surface area contributed by atoms with Crippen molar-refractivity contribution in [2.75, 3.05) is 37.7 Å². The van der Waals surface area contributed by atoms with Crippen molar-refractivity contribution >= 4 is 34.4 Å². The molecule has 9 nitrogen and oxygen atoms in total. The predicted octanol–water partition coefficient (Wildman–Crippen LogP) is 4.89. The Hall–Kier alpha value is -3.89. The van der Waals surface area contributed by atoms with Crippen LogP contribution in [0.4, 0.5) is 10.2 Å². The number of hydrogen-bond acceptors (Lipinski definition) is 7. The Morgan fingerprint density at radius 2 is 1.86 bits per heavy atom. The summed E-state index contributed by atoms with van der Waals surface area (Å²) in [7, 11) is 0. The Morgan fingerprint density at radius 3 is 2.53 bits per heavy atom. The quantitative estimate of drug-likeness (QED) is 0.300. The zero-order valence-corrected chi connectivity index (χ0v) is 25.1. The number of aryl methyl sites for hydroxylation is 1. The SMILES string of the molecule is Cc1ccnc(C(C)C)c1-n1c(=O)nc(N2CCC3(CC2)CN(C(=O)[C@H]2CO2)C3)c2cc(Cl)c(-c3ccccc3F)nc21. The fraction of sp³-hybridized carbons (Fsp3) is 0.406. The van der Waals surface area contributed by atoms with Crippen molar-refractivity contribution in [2.24, 2.45) is 5.41 Å². The number of carbonyl (C=O) groups excluding carboxylic acids is 1. The van der Waals surface area contributed by atoms with Crippen molar-refractivity contribution < 1.29 is 13.9 Å². The number of amides is 1. The molecule has 1 spiro atoms. The van der Waals surface area contributed by atoms with Crippen LogP contribution in [-0.2, 0) is 9.53 Å². The summed E-state index contributed by atoms with van der Waals surface area (Å²) in [5.41, 5.74) is 2.64. The summed E-state index contributed by atoms with van der Waals surface area (Å²) in [4.78, 5) is 44.5. The van der Waals surface area contributed by atoms with Gasteiger partial charge in [-0.1, -0.05) is 37.6 Å². The average molecular weight is 603 g/mol. The fourth-order valence-corrected chi connectivity index (χ4v) is 6.75. The van der Waals surface area contributed by atoms with Crippen molar-refractivity contribution in [3.05, 3.63) is 75.2 Å². The number of rotatable bonds is 5. The van der Waals surface area contributed by atoms with Crippen molar-refractivity contribution in [2.45, 2.75) is 45.6 Å². The minimum absolute atomic E-state index is 0.0218. The monoisotopic (exact) mass is 602 g/mol. The van der Waals surface area contributed by atoms with E-state index in [-0.39, 0.29) is 39.6 Å². The summed E-state index contributed by atoms with van der Waals surface area (Å²) in [6, 6.07) is 9.92. The van der Waals surface area contributed by atoms with Crippen LogP contribution in [0.25, 0.3) is 28.0 Å². The number of likely N-dealkylation sites (tertiary alicyclic amines) is 1. The molecule has 1 amide bonds. The molecule has 3 fully saturated rings. The van der Waals surface area contributed by atoms with E-state index < -0.39 is 11.5 Å². The normalized spacial score (nSPS) is 19.3. The number of epoxide rings is 1. The smallest absolute Gasteiger partial charge is 0.355 e. The minimum atomic E-state index is -0.486. The molecule has 222 valence electrons. The number of hydrogen-bond donors (Lipinski definition) is 0. The molecule has 3 aliphatic heterocycles. The van der Waals surface area contributed by atoms with Crippen molar-refractivity contribution in [1.82, 2.24) is 24.4 Å². The number of nitrogens with zero attached hydrogens (tertiary/aromatic N) is 6. The lowest BCUT2D eigenvalue weighted by Crippen LogP contribution is -2.62. The average Bonchev–Trinajstić information content (AvgIpc) is 3.82. The van der Waals surface area contributed by atoms with Gasteiger partial charge in [-0.15, -0.1) is 0 Å². The third-order valence-electron chi connectivity index (χ3n) is 8.95. The number of anilines is 1. The van der Waals surface area contributed by atoms with Gasteiger partial charge in [0.25, 0.3) is 5.91 Å². The van der Waals surface area contributed by atoms with E-state index in [4.69, 9.17) is 21.3 Å². The van der Waals surface area contributed by atoms with Crippen molar-refractivity contribution in [3.63, 3.8) is 0 Å². The predicted molar refractivity (Wildman–Crippen MR) is 162 cm³/mol. The summed E-state index contributed by atoms with van der Waals surface area (Å²) in [5.74, 6) is 0.157. The van der Waals surface area contributed by atoms with Gasteiger partial charge >= 0.3 is 5.69 Å². The molecule has 3 aromatic heterocycles. The summed E-state index contributed by atoms with van der Waals surface area (Å²) in [5, 5.41) is 0.872. The molecule has 0 unspecified atom stereocenters. The number of ether oxygens (including phenoxy) is 1. The van der Waals surface area contributed by atoms with Gasteiger partial charge in [0.1, 0.15) is 11.6 Å². The maximum Gasteiger partial charge on any atom is 0.355 e. The Labute approximate surface area is 253 Å². The molecule has 11 heteroatoms. The first kappa shape index (κ1) is 27.9. The molecule has 1 atom stereocenters. The molecule has 0 bridgehead atoms. The molecular formula is C32H32ClFN6O3. The third kappa shape index (κ3) is 4.77. The molecule has 0 radical (unpaired) electrons. The van der Waals surface area contributed by atoms with E-state index in [1.54, 1.807) is 30.5 Å². The summed E-state index contributed by atoms with van der Waals surface area (Å²) in [6.07, 6.45) is 3.20. The number of pyridine rings is 2. The molecule has 0 saturated carbocycles. The van der Waals surface area contributed by atoms with Crippen molar-refractivity contribution in [3.8, 4) is 16.9 Å². The van der Waals surface area contributed by atoms with E-state index in [2.05, 4.69) is 14.9 Å².